The van der Waals surface area contributed by atoms with Gasteiger partial charge in [0.2, 0.25) is 5.91 Å². The summed E-state index contributed by atoms with van der Waals surface area (Å²) in [4.78, 5) is 35.6. The first-order valence-electron chi connectivity index (χ1n) is 7.20. The lowest BCUT2D eigenvalue weighted by atomic mass is 10.2. The number of H-pyrrole nitrogens is 1. The van der Waals surface area contributed by atoms with Gasteiger partial charge in [-0.25, -0.2) is 10.3 Å². The standard InChI is InChI=1S/C13H18N6O4/c20-11-5-7-18(13(22)14-11)8-10-9-19(17-15-10)6-3-1-2-4-12(21)16-23/h5,7,9,23H,1-4,6,8H2,(H,16,21)(H,14,20,22). The molecule has 2 aromatic rings. The number of unbranched alkanes of at least 4 members (excludes halogenated alkanes) is 2. The molecule has 0 aliphatic heterocycles. The van der Waals surface area contributed by atoms with E-state index in [0.717, 1.165) is 12.8 Å². The van der Waals surface area contributed by atoms with Crippen LogP contribution in [0.15, 0.2) is 28.0 Å². The molecule has 2 aromatic heterocycles. The molecule has 2 heterocycles. The Morgan fingerprint density at radius 3 is 2.87 bits per heavy atom. The van der Waals surface area contributed by atoms with Gasteiger partial charge in [0.1, 0.15) is 5.69 Å². The second-order valence-corrected chi connectivity index (χ2v) is 5.06. The minimum absolute atomic E-state index is 0.228. The van der Waals surface area contributed by atoms with Crippen molar-refractivity contribution in [2.45, 2.75) is 38.8 Å². The average molecular weight is 322 g/mol. The molecule has 0 bridgehead atoms. The summed E-state index contributed by atoms with van der Waals surface area (Å²) in [5, 5.41) is 16.3. The molecular weight excluding hydrogens is 304 g/mol. The van der Waals surface area contributed by atoms with Gasteiger partial charge in [-0.1, -0.05) is 11.6 Å². The van der Waals surface area contributed by atoms with E-state index in [1.54, 1.807) is 16.4 Å². The predicted octanol–water partition coefficient (Wildman–Crippen LogP) is -0.758. The fraction of sp³-hybridized carbons (Fsp3) is 0.462. The van der Waals surface area contributed by atoms with Gasteiger partial charge >= 0.3 is 5.69 Å². The Labute approximate surface area is 130 Å². The molecule has 0 unspecified atom stereocenters. The molecule has 0 aromatic carbocycles. The molecule has 0 saturated heterocycles. The Morgan fingerprint density at radius 2 is 2.13 bits per heavy atom. The quantitative estimate of drug-likeness (QED) is 0.332. The minimum Gasteiger partial charge on any atom is -0.294 e. The first-order chi connectivity index (χ1) is 11.1. The van der Waals surface area contributed by atoms with E-state index in [9.17, 15) is 14.4 Å². The fourth-order valence-electron chi connectivity index (χ4n) is 2.06. The number of nitrogens with one attached hydrogen (secondary N) is 2. The van der Waals surface area contributed by atoms with Crippen LogP contribution in [0.3, 0.4) is 0 Å². The van der Waals surface area contributed by atoms with Crippen LogP contribution >= 0.6 is 0 Å². The molecule has 1 amide bonds. The van der Waals surface area contributed by atoms with Gasteiger partial charge in [-0.3, -0.25) is 29.0 Å². The monoisotopic (exact) mass is 322 g/mol. The zero-order valence-electron chi connectivity index (χ0n) is 12.4. The van der Waals surface area contributed by atoms with Gasteiger partial charge in [0.05, 0.1) is 12.7 Å². The number of aromatic nitrogens is 5. The summed E-state index contributed by atoms with van der Waals surface area (Å²) < 4.78 is 3.00. The molecule has 0 fully saturated rings. The van der Waals surface area contributed by atoms with Gasteiger partial charge in [-0.15, -0.1) is 5.10 Å². The lowest BCUT2D eigenvalue weighted by Gasteiger charge is -2.01. The van der Waals surface area contributed by atoms with Crippen molar-refractivity contribution in [2.75, 3.05) is 0 Å². The maximum Gasteiger partial charge on any atom is 0.328 e. The molecule has 0 spiro atoms. The zero-order valence-corrected chi connectivity index (χ0v) is 12.4. The lowest BCUT2D eigenvalue weighted by Crippen LogP contribution is -2.28. The van der Waals surface area contributed by atoms with Crippen LogP contribution < -0.4 is 16.7 Å². The van der Waals surface area contributed by atoms with Crippen LogP contribution in [0.4, 0.5) is 0 Å². The smallest absolute Gasteiger partial charge is 0.294 e. The van der Waals surface area contributed by atoms with Crippen LogP contribution in [-0.4, -0.2) is 35.7 Å². The molecule has 0 radical (unpaired) electrons. The third kappa shape index (κ3) is 5.18. The summed E-state index contributed by atoms with van der Waals surface area (Å²) in [6, 6.07) is 1.27. The Kier molecular flexibility index (Phi) is 5.80. The van der Waals surface area contributed by atoms with Crippen molar-refractivity contribution in [3.8, 4) is 0 Å². The first kappa shape index (κ1) is 16.6. The average Bonchev–Trinajstić information content (AvgIpc) is 2.97. The predicted molar refractivity (Wildman–Crippen MR) is 78.8 cm³/mol. The van der Waals surface area contributed by atoms with Crippen molar-refractivity contribution >= 4 is 5.91 Å². The number of carbonyl (C=O) groups is 1. The van der Waals surface area contributed by atoms with E-state index in [1.165, 1.54) is 16.8 Å². The number of hydrogen-bond donors (Lipinski definition) is 3. The van der Waals surface area contributed by atoms with Crippen molar-refractivity contribution in [1.82, 2.24) is 30.0 Å². The molecule has 0 aliphatic rings. The number of nitrogens with zero attached hydrogens (tertiary/aromatic N) is 4. The van der Waals surface area contributed by atoms with Crippen LogP contribution in [0.5, 0.6) is 0 Å². The molecular formula is C13H18N6O4. The highest BCUT2D eigenvalue weighted by Gasteiger charge is 2.04. The van der Waals surface area contributed by atoms with Crippen molar-refractivity contribution < 1.29 is 10.0 Å². The number of aromatic amines is 1. The molecule has 124 valence electrons. The summed E-state index contributed by atoms with van der Waals surface area (Å²) in [6.45, 7) is 0.876. The van der Waals surface area contributed by atoms with Gasteiger partial charge in [-0.2, -0.15) is 0 Å². The number of carbonyl (C=O) groups excluding carboxylic acids is 1. The summed E-state index contributed by atoms with van der Waals surface area (Å²) in [5.41, 5.74) is 1.27. The second-order valence-electron chi connectivity index (χ2n) is 5.06. The molecule has 0 atom stereocenters. The van der Waals surface area contributed by atoms with E-state index in [0.29, 0.717) is 18.7 Å². The summed E-state index contributed by atoms with van der Waals surface area (Å²) in [7, 11) is 0. The van der Waals surface area contributed by atoms with Crippen LogP contribution in [0, 0.1) is 0 Å². The maximum atomic E-state index is 11.6. The number of aryl methyl sites for hydroxylation is 1. The van der Waals surface area contributed by atoms with Crippen molar-refractivity contribution in [3.63, 3.8) is 0 Å². The third-order valence-electron chi connectivity index (χ3n) is 3.23. The van der Waals surface area contributed by atoms with Gasteiger partial charge in [-0.05, 0) is 12.8 Å². The van der Waals surface area contributed by atoms with Gasteiger partial charge in [0.25, 0.3) is 5.56 Å². The topological polar surface area (TPSA) is 135 Å². The van der Waals surface area contributed by atoms with E-state index < -0.39 is 11.2 Å². The zero-order chi connectivity index (χ0) is 16.7. The van der Waals surface area contributed by atoms with Gasteiger partial charge in [0.15, 0.2) is 0 Å². The van der Waals surface area contributed by atoms with Gasteiger partial charge < -0.3 is 0 Å². The molecule has 0 aliphatic carbocycles. The summed E-state index contributed by atoms with van der Waals surface area (Å²) >= 11 is 0. The Bertz CT molecular complexity index is 762. The maximum absolute atomic E-state index is 11.6. The van der Waals surface area contributed by atoms with Crippen molar-refractivity contribution in [1.29, 1.82) is 0 Å². The van der Waals surface area contributed by atoms with Crippen molar-refractivity contribution in [3.05, 3.63) is 45.0 Å². The van der Waals surface area contributed by atoms with Crippen LogP contribution in [0.2, 0.25) is 0 Å². The molecule has 10 heteroatoms. The van der Waals surface area contributed by atoms with E-state index in [1.807, 2.05) is 0 Å². The van der Waals surface area contributed by atoms with E-state index in [-0.39, 0.29) is 18.9 Å². The number of hydroxylamine groups is 1. The summed E-state index contributed by atoms with van der Waals surface area (Å²) in [6.07, 6.45) is 5.75. The molecule has 3 N–H and O–H groups in total. The largest absolute Gasteiger partial charge is 0.328 e. The Morgan fingerprint density at radius 1 is 1.30 bits per heavy atom. The number of amides is 1. The lowest BCUT2D eigenvalue weighted by molar-refractivity contribution is -0.129. The molecule has 10 nitrogen and oxygen atoms in total. The molecule has 2 rings (SSSR count). The highest BCUT2D eigenvalue weighted by Crippen LogP contribution is 2.03. The van der Waals surface area contributed by atoms with Gasteiger partial charge in [0, 0.05) is 25.2 Å². The first-order valence-corrected chi connectivity index (χ1v) is 7.20. The van der Waals surface area contributed by atoms with E-state index >= 15 is 0 Å². The SMILES string of the molecule is O=C(CCCCCn1cc(Cn2ccc(=O)[nH]c2=O)nn1)NO. The van der Waals surface area contributed by atoms with Crippen LogP contribution in [0.25, 0.3) is 0 Å². The highest BCUT2D eigenvalue weighted by atomic mass is 16.5. The van der Waals surface area contributed by atoms with E-state index in [2.05, 4.69) is 15.3 Å². The normalized spacial score (nSPS) is 10.7. The van der Waals surface area contributed by atoms with Crippen LogP contribution in [-0.2, 0) is 17.9 Å². The highest BCUT2D eigenvalue weighted by molar-refractivity contribution is 5.74. The van der Waals surface area contributed by atoms with Crippen LogP contribution in [0.1, 0.15) is 31.4 Å². The third-order valence-corrected chi connectivity index (χ3v) is 3.23. The molecule has 0 saturated carbocycles. The summed E-state index contributed by atoms with van der Waals surface area (Å²) in [5.74, 6) is -0.389. The Balaban J connectivity index is 1.80. The Hall–Kier alpha value is -2.75. The number of rotatable bonds is 8. The fourth-order valence-corrected chi connectivity index (χ4v) is 2.06. The number of hydrogen-bond acceptors (Lipinski definition) is 6. The minimum atomic E-state index is -0.491. The second kappa shape index (κ2) is 8.03. The molecule has 23 heavy (non-hydrogen) atoms. The van der Waals surface area contributed by atoms with Crippen molar-refractivity contribution in [2.24, 2.45) is 0 Å². The van der Waals surface area contributed by atoms with E-state index in [4.69, 9.17) is 5.21 Å².